The van der Waals surface area contributed by atoms with E-state index in [2.05, 4.69) is 25.9 Å². The van der Waals surface area contributed by atoms with Crippen LogP contribution >= 0.6 is 15.9 Å². The smallest absolute Gasteiger partial charge is 0.309 e. The van der Waals surface area contributed by atoms with Gasteiger partial charge < -0.3 is 10.8 Å². The molecule has 1 heterocycles. The van der Waals surface area contributed by atoms with Gasteiger partial charge in [0.05, 0.1) is 18.3 Å². The third-order valence-electron chi connectivity index (χ3n) is 1.17. The number of hydrogen-bond donors (Lipinski definition) is 2. The van der Waals surface area contributed by atoms with Gasteiger partial charge in [-0.05, 0) is 15.9 Å². The minimum absolute atomic E-state index is 0.153. The summed E-state index contributed by atoms with van der Waals surface area (Å²) in [7, 11) is 0. The molecule has 0 amide bonds. The van der Waals surface area contributed by atoms with E-state index in [4.69, 9.17) is 10.8 Å². The van der Waals surface area contributed by atoms with E-state index in [1.165, 1.54) is 6.20 Å². The number of carboxylic acid groups (broad SMARTS) is 1. The van der Waals surface area contributed by atoms with Crippen molar-refractivity contribution in [3.63, 3.8) is 0 Å². The maximum Gasteiger partial charge on any atom is 0.309 e. The van der Waals surface area contributed by atoms with Gasteiger partial charge in [-0.1, -0.05) is 0 Å². The second kappa shape index (κ2) is 3.48. The molecule has 0 bridgehead atoms. The number of anilines is 1. The maximum atomic E-state index is 10.3. The Morgan fingerprint density at radius 1 is 1.75 bits per heavy atom. The van der Waals surface area contributed by atoms with Crippen molar-refractivity contribution >= 4 is 27.7 Å². The summed E-state index contributed by atoms with van der Waals surface area (Å²) in [6.45, 7) is 0. The van der Waals surface area contributed by atoms with Crippen molar-refractivity contribution in [2.45, 2.75) is 6.42 Å². The van der Waals surface area contributed by atoms with Gasteiger partial charge in [-0.3, -0.25) is 4.79 Å². The molecule has 12 heavy (non-hydrogen) atoms. The van der Waals surface area contributed by atoms with E-state index in [1.54, 1.807) is 0 Å². The lowest BCUT2D eigenvalue weighted by Gasteiger charge is -1.99. The largest absolute Gasteiger partial charge is 0.481 e. The number of nitrogen functional groups attached to an aromatic ring is 1. The molecule has 0 spiro atoms. The Morgan fingerprint density at radius 2 is 2.42 bits per heavy atom. The predicted molar refractivity (Wildman–Crippen MR) is 45.5 cm³/mol. The molecule has 3 N–H and O–H groups in total. The minimum atomic E-state index is -0.978. The summed E-state index contributed by atoms with van der Waals surface area (Å²) in [6.07, 6.45) is 1.21. The molecule has 0 saturated heterocycles. The van der Waals surface area contributed by atoms with Gasteiger partial charge in [0.2, 0.25) is 0 Å². The van der Waals surface area contributed by atoms with Crippen molar-refractivity contribution in [1.82, 2.24) is 9.97 Å². The lowest BCUT2D eigenvalue weighted by atomic mass is 10.3. The van der Waals surface area contributed by atoms with E-state index in [0.29, 0.717) is 4.60 Å². The van der Waals surface area contributed by atoms with Crippen molar-refractivity contribution in [3.8, 4) is 0 Å². The molecule has 1 rings (SSSR count). The summed E-state index contributed by atoms with van der Waals surface area (Å²) in [5, 5.41) is 8.44. The van der Waals surface area contributed by atoms with E-state index in [9.17, 15) is 4.79 Å². The van der Waals surface area contributed by atoms with Gasteiger partial charge in [0.15, 0.2) is 0 Å². The number of hydrogen-bond acceptors (Lipinski definition) is 4. The summed E-state index contributed by atoms with van der Waals surface area (Å²) in [6, 6.07) is 0. The van der Waals surface area contributed by atoms with Crippen molar-refractivity contribution in [2.75, 3.05) is 5.73 Å². The van der Waals surface area contributed by atoms with Crippen molar-refractivity contribution in [2.24, 2.45) is 0 Å². The SMILES string of the molecule is Nc1ncc(Br)nc1CC(=O)O. The number of aromatic nitrogens is 2. The molecular weight excluding hydrogens is 226 g/mol. The molecule has 0 aliphatic rings. The topological polar surface area (TPSA) is 89.1 Å². The van der Waals surface area contributed by atoms with Crippen LogP contribution in [-0.2, 0) is 11.2 Å². The molecule has 0 aliphatic heterocycles. The summed E-state index contributed by atoms with van der Waals surface area (Å²) in [4.78, 5) is 17.9. The molecule has 1 aromatic heterocycles. The monoisotopic (exact) mass is 231 g/mol. The van der Waals surface area contributed by atoms with Crippen LogP contribution in [0.5, 0.6) is 0 Å². The maximum absolute atomic E-state index is 10.3. The Morgan fingerprint density at radius 3 is 3.00 bits per heavy atom. The van der Waals surface area contributed by atoms with Gasteiger partial charge in [0.25, 0.3) is 0 Å². The fourth-order valence-electron chi connectivity index (χ4n) is 0.686. The fraction of sp³-hybridized carbons (Fsp3) is 0.167. The highest BCUT2D eigenvalue weighted by atomic mass is 79.9. The van der Waals surface area contributed by atoms with Gasteiger partial charge in [-0.25, -0.2) is 9.97 Å². The Kier molecular flexibility index (Phi) is 2.59. The highest BCUT2D eigenvalue weighted by Crippen LogP contribution is 2.10. The summed E-state index contributed by atoms with van der Waals surface area (Å²) in [5.74, 6) is -0.824. The highest BCUT2D eigenvalue weighted by Gasteiger charge is 2.07. The third-order valence-corrected chi connectivity index (χ3v) is 1.55. The molecule has 5 nitrogen and oxygen atoms in total. The van der Waals surface area contributed by atoms with Crippen LogP contribution in [0.3, 0.4) is 0 Å². The van der Waals surface area contributed by atoms with E-state index < -0.39 is 5.97 Å². The fourth-order valence-corrected chi connectivity index (χ4v) is 1.00. The van der Waals surface area contributed by atoms with E-state index in [1.807, 2.05) is 0 Å². The minimum Gasteiger partial charge on any atom is -0.481 e. The Balaban J connectivity index is 2.97. The molecule has 1 aromatic rings. The molecule has 0 unspecified atom stereocenters. The normalized spacial score (nSPS) is 9.75. The number of carboxylic acids is 1. The number of rotatable bonds is 2. The van der Waals surface area contributed by atoms with Crippen LogP contribution in [0.4, 0.5) is 5.82 Å². The first-order valence-corrected chi connectivity index (χ1v) is 3.87. The summed E-state index contributed by atoms with van der Waals surface area (Å²) in [5.41, 5.74) is 5.65. The Bertz CT molecular complexity index is 316. The zero-order valence-corrected chi connectivity index (χ0v) is 7.58. The van der Waals surface area contributed by atoms with Crippen molar-refractivity contribution in [3.05, 3.63) is 16.5 Å². The van der Waals surface area contributed by atoms with Crippen LogP contribution in [0.1, 0.15) is 5.69 Å². The molecular formula is C6H6BrN3O2. The Hall–Kier alpha value is -1.17. The number of carbonyl (C=O) groups is 1. The standard InChI is InChI=1S/C6H6BrN3O2/c7-4-2-9-6(8)3(10-4)1-5(11)12/h2H,1H2,(H2,8,9)(H,11,12). The van der Waals surface area contributed by atoms with Crippen LogP contribution in [0.15, 0.2) is 10.8 Å². The van der Waals surface area contributed by atoms with Gasteiger partial charge in [-0.15, -0.1) is 0 Å². The van der Waals surface area contributed by atoms with Gasteiger partial charge >= 0.3 is 5.97 Å². The van der Waals surface area contributed by atoms with Crippen LogP contribution in [0, 0.1) is 0 Å². The van der Waals surface area contributed by atoms with Gasteiger partial charge in [-0.2, -0.15) is 0 Å². The second-order valence-corrected chi connectivity index (χ2v) is 2.91. The van der Waals surface area contributed by atoms with Crippen LogP contribution in [0.2, 0.25) is 0 Å². The predicted octanol–water partition coefficient (Wildman–Crippen LogP) is 0.448. The first-order chi connectivity index (χ1) is 5.59. The van der Waals surface area contributed by atoms with E-state index in [-0.39, 0.29) is 17.9 Å². The summed E-state index contributed by atoms with van der Waals surface area (Å²) >= 11 is 3.06. The van der Waals surface area contributed by atoms with Crippen molar-refractivity contribution < 1.29 is 9.90 Å². The van der Waals surface area contributed by atoms with Crippen LogP contribution < -0.4 is 5.73 Å². The summed E-state index contributed by atoms with van der Waals surface area (Å²) < 4.78 is 0.480. The zero-order valence-electron chi connectivity index (χ0n) is 5.99. The number of aliphatic carboxylic acids is 1. The molecule has 0 radical (unpaired) electrons. The molecule has 6 heteroatoms. The zero-order chi connectivity index (χ0) is 9.14. The first kappa shape index (κ1) is 8.92. The lowest BCUT2D eigenvalue weighted by Crippen LogP contribution is -2.07. The van der Waals surface area contributed by atoms with Gasteiger partial charge in [0, 0.05) is 0 Å². The van der Waals surface area contributed by atoms with Crippen molar-refractivity contribution in [1.29, 1.82) is 0 Å². The second-order valence-electron chi connectivity index (χ2n) is 2.10. The number of nitrogens with two attached hydrogens (primary N) is 1. The van der Waals surface area contributed by atoms with Crippen LogP contribution in [0.25, 0.3) is 0 Å². The average molecular weight is 232 g/mol. The quantitative estimate of drug-likeness (QED) is 0.772. The molecule has 0 atom stereocenters. The number of nitrogens with zero attached hydrogens (tertiary/aromatic N) is 2. The van der Waals surface area contributed by atoms with E-state index >= 15 is 0 Å². The average Bonchev–Trinajstić information content (AvgIpc) is 1.96. The van der Waals surface area contributed by atoms with E-state index in [0.717, 1.165) is 0 Å². The third kappa shape index (κ3) is 2.16. The molecule has 0 aliphatic carbocycles. The Labute approximate surface area is 76.8 Å². The highest BCUT2D eigenvalue weighted by molar-refractivity contribution is 9.10. The first-order valence-electron chi connectivity index (χ1n) is 3.08. The molecule has 0 fully saturated rings. The van der Waals surface area contributed by atoms with Gasteiger partial charge in [0.1, 0.15) is 10.4 Å². The molecule has 0 aromatic carbocycles. The lowest BCUT2D eigenvalue weighted by molar-refractivity contribution is -0.136. The van der Waals surface area contributed by atoms with Crippen LogP contribution in [-0.4, -0.2) is 21.0 Å². The molecule has 64 valence electrons. The molecule has 0 saturated carbocycles. The number of halogens is 1.